The molecular weight excluding hydrogens is 344 g/mol. The molecule has 2 aromatic rings. The first-order valence-electron chi connectivity index (χ1n) is 8.89. The molecule has 0 aliphatic carbocycles. The second-order valence-electron chi connectivity index (χ2n) is 7.55. The van der Waals surface area contributed by atoms with Crippen molar-refractivity contribution in [3.8, 4) is 0 Å². The molecule has 0 bridgehead atoms. The van der Waals surface area contributed by atoms with E-state index in [2.05, 4.69) is 26.1 Å². The predicted molar refractivity (Wildman–Crippen MR) is 105 cm³/mol. The number of carbonyl (C=O) groups excluding carboxylic acids is 1. The number of alkyl carbamates (subject to hydrolysis) is 1. The molecule has 146 valence electrons. The SMILES string of the molecule is CC(C)(C)c1ccc(N)c(C(O)C(O)CNC(=O)OCc2ccccc2)c1. The van der Waals surface area contributed by atoms with E-state index in [0.29, 0.717) is 11.3 Å². The van der Waals surface area contributed by atoms with Crippen molar-refractivity contribution in [2.24, 2.45) is 0 Å². The second-order valence-corrected chi connectivity index (χ2v) is 7.55. The number of anilines is 1. The number of aliphatic hydroxyl groups excluding tert-OH is 2. The smallest absolute Gasteiger partial charge is 0.407 e. The molecule has 27 heavy (non-hydrogen) atoms. The standard InChI is InChI=1S/C21H28N2O4/c1-21(2,3)15-9-10-17(22)16(11-15)19(25)18(24)12-23-20(26)27-13-14-7-5-4-6-8-14/h4-11,18-19,24-25H,12-13,22H2,1-3H3,(H,23,26). The third kappa shape index (κ3) is 5.98. The van der Waals surface area contributed by atoms with Crippen molar-refractivity contribution in [3.63, 3.8) is 0 Å². The summed E-state index contributed by atoms with van der Waals surface area (Å²) in [6.45, 7) is 6.13. The van der Waals surface area contributed by atoms with Crippen molar-refractivity contribution in [2.75, 3.05) is 12.3 Å². The Hall–Kier alpha value is -2.57. The number of amides is 1. The minimum Gasteiger partial charge on any atom is -0.445 e. The van der Waals surface area contributed by atoms with Crippen LogP contribution in [0.25, 0.3) is 0 Å². The van der Waals surface area contributed by atoms with Gasteiger partial charge >= 0.3 is 6.09 Å². The fourth-order valence-corrected chi connectivity index (χ4v) is 2.58. The number of aliphatic hydroxyl groups is 2. The Balaban J connectivity index is 1.91. The number of rotatable bonds is 6. The zero-order chi connectivity index (χ0) is 20.0. The van der Waals surface area contributed by atoms with Crippen molar-refractivity contribution in [2.45, 2.75) is 45.0 Å². The maximum atomic E-state index is 11.8. The van der Waals surface area contributed by atoms with E-state index in [1.54, 1.807) is 12.1 Å². The summed E-state index contributed by atoms with van der Waals surface area (Å²) < 4.78 is 5.08. The number of hydrogen-bond acceptors (Lipinski definition) is 5. The van der Waals surface area contributed by atoms with Gasteiger partial charge < -0.3 is 26.0 Å². The number of nitrogens with one attached hydrogen (secondary N) is 1. The Morgan fingerprint density at radius 3 is 2.44 bits per heavy atom. The predicted octanol–water partition coefficient (Wildman–Crippen LogP) is 2.89. The van der Waals surface area contributed by atoms with Gasteiger partial charge in [-0.25, -0.2) is 4.79 Å². The molecule has 0 radical (unpaired) electrons. The van der Waals surface area contributed by atoms with E-state index in [1.807, 2.05) is 36.4 Å². The van der Waals surface area contributed by atoms with Gasteiger partial charge in [-0.3, -0.25) is 0 Å². The lowest BCUT2D eigenvalue weighted by molar-refractivity contribution is 0.0187. The maximum Gasteiger partial charge on any atom is 0.407 e. The third-order valence-corrected chi connectivity index (χ3v) is 4.30. The normalized spacial score (nSPS) is 13.7. The summed E-state index contributed by atoms with van der Waals surface area (Å²) in [4.78, 5) is 11.8. The van der Waals surface area contributed by atoms with Gasteiger partial charge in [0, 0.05) is 17.8 Å². The molecular formula is C21H28N2O4. The van der Waals surface area contributed by atoms with Crippen LogP contribution in [0.4, 0.5) is 10.5 Å². The molecule has 0 aliphatic rings. The Labute approximate surface area is 160 Å². The van der Waals surface area contributed by atoms with Gasteiger partial charge in [0.25, 0.3) is 0 Å². The molecule has 0 heterocycles. The zero-order valence-electron chi connectivity index (χ0n) is 16.0. The summed E-state index contributed by atoms with van der Waals surface area (Å²) in [6, 6.07) is 14.7. The molecule has 6 nitrogen and oxygen atoms in total. The highest BCUT2D eigenvalue weighted by Crippen LogP contribution is 2.30. The summed E-state index contributed by atoms with van der Waals surface area (Å²) >= 11 is 0. The van der Waals surface area contributed by atoms with Crippen molar-refractivity contribution in [1.82, 2.24) is 5.32 Å². The van der Waals surface area contributed by atoms with Crippen LogP contribution in [-0.2, 0) is 16.8 Å². The van der Waals surface area contributed by atoms with Crippen LogP contribution < -0.4 is 11.1 Å². The van der Waals surface area contributed by atoms with E-state index in [4.69, 9.17) is 10.5 Å². The average molecular weight is 372 g/mol. The largest absolute Gasteiger partial charge is 0.445 e. The van der Waals surface area contributed by atoms with Crippen molar-refractivity contribution < 1.29 is 19.7 Å². The second kappa shape index (κ2) is 8.88. The summed E-state index contributed by atoms with van der Waals surface area (Å²) in [5.41, 5.74) is 8.52. The molecule has 0 spiro atoms. The zero-order valence-corrected chi connectivity index (χ0v) is 16.0. The quantitative estimate of drug-likeness (QED) is 0.584. The van der Waals surface area contributed by atoms with Crippen LogP contribution in [0.3, 0.4) is 0 Å². The maximum absolute atomic E-state index is 11.8. The molecule has 0 aromatic heterocycles. The van der Waals surface area contributed by atoms with Crippen molar-refractivity contribution in [3.05, 3.63) is 65.2 Å². The monoisotopic (exact) mass is 372 g/mol. The van der Waals surface area contributed by atoms with Gasteiger partial charge in [0.15, 0.2) is 0 Å². The molecule has 2 unspecified atom stereocenters. The topological polar surface area (TPSA) is 105 Å². The first kappa shape index (κ1) is 20.7. The first-order chi connectivity index (χ1) is 12.7. The molecule has 0 fully saturated rings. The molecule has 1 amide bonds. The lowest BCUT2D eigenvalue weighted by Gasteiger charge is -2.24. The molecule has 6 heteroatoms. The van der Waals surface area contributed by atoms with Crippen LogP contribution in [0.5, 0.6) is 0 Å². The van der Waals surface area contributed by atoms with E-state index in [1.165, 1.54) is 0 Å². The van der Waals surface area contributed by atoms with Crippen LogP contribution in [-0.4, -0.2) is 29.0 Å². The lowest BCUT2D eigenvalue weighted by Crippen LogP contribution is -2.36. The highest BCUT2D eigenvalue weighted by atomic mass is 16.5. The van der Waals surface area contributed by atoms with Crippen LogP contribution >= 0.6 is 0 Å². The molecule has 2 rings (SSSR count). The summed E-state index contributed by atoms with van der Waals surface area (Å²) in [7, 11) is 0. The van der Waals surface area contributed by atoms with E-state index < -0.39 is 18.3 Å². The van der Waals surface area contributed by atoms with Gasteiger partial charge in [0.05, 0.1) is 0 Å². The van der Waals surface area contributed by atoms with Crippen LogP contribution in [0.2, 0.25) is 0 Å². The van der Waals surface area contributed by atoms with Gasteiger partial charge in [-0.15, -0.1) is 0 Å². The fourth-order valence-electron chi connectivity index (χ4n) is 2.58. The summed E-state index contributed by atoms with van der Waals surface area (Å²) in [5.74, 6) is 0. The Kier molecular flexibility index (Phi) is 6.82. The third-order valence-electron chi connectivity index (χ3n) is 4.30. The van der Waals surface area contributed by atoms with Crippen LogP contribution in [0.1, 0.15) is 43.6 Å². The molecule has 0 saturated heterocycles. The molecule has 2 atom stereocenters. The number of benzene rings is 2. The Morgan fingerprint density at radius 2 is 1.81 bits per heavy atom. The van der Waals surface area contributed by atoms with Gasteiger partial charge in [0.1, 0.15) is 18.8 Å². The van der Waals surface area contributed by atoms with E-state index in [-0.39, 0.29) is 18.6 Å². The van der Waals surface area contributed by atoms with E-state index in [0.717, 1.165) is 11.1 Å². The molecule has 5 N–H and O–H groups in total. The van der Waals surface area contributed by atoms with E-state index >= 15 is 0 Å². The van der Waals surface area contributed by atoms with Gasteiger partial charge in [-0.2, -0.15) is 0 Å². The Morgan fingerprint density at radius 1 is 1.15 bits per heavy atom. The number of ether oxygens (including phenoxy) is 1. The minimum atomic E-state index is -1.22. The molecule has 0 saturated carbocycles. The lowest BCUT2D eigenvalue weighted by atomic mass is 9.85. The fraction of sp³-hybridized carbons (Fsp3) is 0.381. The van der Waals surface area contributed by atoms with Crippen molar-refractivity contribution in [1.29, 1.82) is 0 Å². The summed E-state index contributed by atoms with van der Waals surface area (Å²) in [5, 5.41) is 23.2. The average Bonchev–Trinajstić information content (AvgIpc) is 2.64. The van der Waals surface area contributed by atoms with E-state index in [9.17, 15) is 15.0 Å². The van der Waals surface area contributed by atoms with Crippen molar-refractivity contribution >= 4 is 11.8 Å². The van der Waals surface area contributed by atoms with Gasteiger partial charge in [-0.05, 0) is 22.6 Å². The van der Waals surface area contributed by atoms with Crippen LogP contribution in [0.15, 0.2) is 48.5 Å². The molecule has 2 aromatic carbocycles. The molecule has 0 aliphatic heterocycles. The number of nitrogen functional groups attached to an aromatic ring is 1. The number of carbonyl (C=O) groups is 1. The van der Waals surface area contributed by atoms with Gasteiger partial charge in [-0.1, -0.05) is 63.2 Å². The minimum absolute atomic E-state index is 0.118. The van der Waals surface area contributed by atoms with Gasteiger partial charge in [0.2, 0.25) is 0 Å². The summed E-state index contributed by atoms with van der Waals surface area (Å²) in [6.07, 6.45) is -3.10. The highest BCUT2D eigenvalue weighted by molar-refractivity contribution is 5.67. The highest BCUT2D eigenvalue weighted by Gasteiger charge is 2.24. The first-order valence-corrected chi connectivity index (χ1v) is 8.89. The number of nitrogens with two attached hydrogens (primary N) is 1. The number of hydrogen-bond donors (Lipinski definition) is 4. The Bertz CT molecular complexity index is 757. The van der Waals surface area contributed by atoms with Crippen LogP contribution in [0, 0.1) is 0 Å².